The Morgan fingerprint density at radius 2 is 2.16 bits per heavy atom. The monoisotopic (exact) mass is 276 g/mol. The van der Waals surface area contributed by atoms with Gasteiger partial charge in [-0.1, -0.05) is 11.6 Å². The Morgan fingerprint density at radius 3 is 2.95 bits per heavy atom. The zero-order valence-electron chi connectivity index (χ0n) is 9.92. The molecule has 0 aliphatic heterocycles. The molecule has 96 valence electrons. The van der Waals surface area contributed by atoms with Gasteiger partial charge in [0.1, 0.15) is 17.3 Å². The first-order chi connectivity index (χ1) is 9.13. The molecule has 2 heterocycles. The zero-order valence-corrected chi connectivity index (χ0v) is 10.7. The molecule has 0 bridgehead atoms. The second-order valence-electron chi connectivity index (χ2n) is 3.96. The van der Waals surface area contributed by atoms with Crippen molar-refractivity contribution >= 4 is 34.2 Å². The Balaban J connectivity index is 2.00. The van der Waals surface area contributed by atoms with Gasteiger partial charge in [0.2, 0.25) is 0 Å². The van der Waals surface area contributed by atoms with Crippen LogP contribution in [0.4, 0.5) is 11.5 Å². The number of rotatable bonds is 2. The molecule has 0 saturated heterocycles. The third kappa shape index (κ3) is 2.17. The summed E-state index contributed by atoms with van der Waals surface area (Å²) in [5, 5.41) is 3.41. The molecular weight excluding hydrogens is 268 g/mol. The largest absolute Gasteiger partial charge is 0.419 e. The Kier molecular flexibility index (Phi) is 2.72. The lowest BCUT2D eigenvalue weighted by atomic mass is 10.3. The van der Waals surface area contributed by atoms with Gasteiger partial charge in [0, 0.05) is 24.9 Å². The average molecular weight is 277 g/mol. The summed E-state index contributed by atoms with van der Waals surface area (Å²) in [5.74, 6) is 0.176. The van der Waals surface area contributed by atoms with Gasteiger partial charge in [-0.2, -0.15) is 0 Å². The highest BCUT2D eigenvalue weighted by Crippen LogP contribution is 2.21. The van der Waals surface area contributed by atoms with Gasteiger partial charge in [0.05, 0.1) is 5.52 Å². The first-order valence-corrected chi connectivity index (χ1v) is 5.85. The lowest BCUT2D eigenvalue weighted by Gasteiger charge is -2.04. The fourth-order valence-electron chi connectivity index (χ4n) is 1.76. The zero-order chi connectivity index (χ0) is 13.4. The SMILES string of the molecule is Cn1c(=O)oc2cc(Nc3cc(Cl)ncn3)ccc21. The molecule has 1 N–H and O–H groups in total. The van der Waals surface area contributed by atoms with E-state index in [2.05, 4.69) is 15.3 Å². The molecule has 0 aliphatic carbocycles. The van der Waals surface area contributed by atoms with Gasteiger partial charge >= 0.3 is 5.76 Å². The van der Waals surface area contributed by atoms with E-state index in [1.807, 2.05) is 6.07 Å². The van der Waals surface area contributed by atoms with E-state index >= 15 is 0 Å². The topological polar surface area (TPSA) is 73.0 Å². The van der Waals surface area contributed by atoms with Crippen LogP contribution in [-0.4, -0.2) is 14.5 Å². The number of benzene rings is 1. The van der Waals surface area contributed by atoms with Gasteiger partial charge in [-0.25, -0.2) is 14.8 Å². The van der Waals surface area contributed by atoms with Crippen molar-refractivity contribution in [3.8, 4) is 0 Å². The maximum absolute atomic E-state index is 11.4. The van der Waals surface area contributed by atoms with Gasteiger partial charge in [-0.15, -0.1) is 0 Å². The third-order valence-electron chi connectivity index (χ3n) is 2.70. The van der Waals surface area contributed by atoms with E-state index in [4.69, 9.17) is 16.0 Å². The van der Waals surface area contributed by atoms with Gasteiger partial charge in [0.25, 0.3) is 0 Å². The van der Waals surface area contributed by atoms with E-state index in [0.29, 0.717) is 16.6 Å². The van der Waals surface area contributed by atoms with E-state index in [9.17, 15) is 4.79 Å². The highest BCUT2D eigenvalue weighted by molar-refractivity contribution is 6.29. The Morgan fingerprint density at radius 1 is 1.32 bits per heavy atom. The summed E-state index contributed by atoms with van der Waals surface area (Å²) in [6.07, 6.45) is 1.37. The van der Waals surface area contributed by atoms with E-state index in [0.717, 1.165) is 11.2 Å². The van der Waals surface area contributed by atoms with Crippen molar-refractivity contribution in [3.05, 3.63) is 46.3 Å². The molecule has 0 fully saturated rings. The third-order valence-corrected chi connectivity index (χ3v) is 2.91. The maximum atomic E-state index is 11.4. The van der Waals surface area contributed by atoms with Gasteiger partial charge in [-0.3, -0.25) is 4.57 Å². The highest BCUT2D eigenvalue weighted by atomic mass is 35.5. The molecule has 3 aromatic rings. The van der Waals surface area contributed by atoms with Crippen LogP contribution in [-0.2, 0) is 7.05 Å². The molecule has 6 nitrogen and oxygen atoms in total. The van der Waals surface area contributed by atoms with Crippen LogP contribution in [0.15, 0.2) is 39.8 Å². The fourth-order valence-corrected chi connectivity index (χ4v) is 1.91. The lowest BCUT2D eigenvalue weighted by molar-refractivity contribution is 0.528. The number of halogens is 1. The number of anilines is 2. The van der Waals surface area contributed by atoms with E-state index < -0.39 is 5.76 Å². The van der Waals surface area contributed by atoms with Gasteiger partial charge in [-0.05, 0) is 12.1 Å². The molecule has 0 saturated carbocycles. The average Bonchev–Trinajstić information content (AvgIpc) is 2.65. The van der Waals surface area contributed by atoms with E-state index in [1.165, 1.54) is 10.9 Å². The number of hydrogen-bond acceptors (Lipinski definition) is 5. The number of aromatic nitrogens is 3. The second kappa shape index (κ2) is 4.40. The molecule has 0 amide bonds. The van der Waals surface area contributed by atoms with Gasteiger partial charge in [0.15, 0.2) is 5.58 Å². The normalized spacial score (nSPS) is 10.8. The first-order valence-electron chi connectivity index (χ1n) is 5.47. The molecule has 0 spiro atoms. The van der Waals surface area contributed by atoms with Crippen molar-refractivity contribution in [2.45, 2.75) is 0 Å². The summed E-state index contributed by atoms with van der Waals surface area (Å²) < 4.78 is 6.55. The highest BCUT2D eigenvalue weighted by Gasteiger charge is 2.06. The number of hydrogen-bond donors (Lipinski definition) is 1. The van der Waals surface area contributed by atoms with Crippen LogP contribution in [0.1, 0.15) is 0 Å². The number of aryl methyl sites for hydroxylation is 1. The predicted molar refractivity (Wildman–Crippen MR) is 71.8 cm³/mol. The standard InChI is InChI=1S/C12H9ClN4O2/c1-17-8-3-2-7(4-9(8)19-12(17)18)16-11-5-10(13)14-6-15-11/h2-6H,1H3,(H,14,15,16). The number of fused-ring (bicyclic) bond motifs is 1. The molecule has 1 aromatic carbocycles. The fraction of sp³-hybridized carbons (Fsp3) is 0.0833. The Labute approximate surface area is 112 Å². The van der Waals surface area contributed by atoms with Crippen LogP contribution in [0.3, 0.4) is 0 Å². The van der Waals surface area contributed by atoms with Crippen molar-refractivity contribution in [1.29, 1.82) is 0 Å². The summed E-state index contributed by atoms with van der Waals surface area (Å²) in [6, 6.07) is 6.96. The second-order valence-corrected chi connectivity index (χ2v) is 4.35. The number of nitrogens with one attached hydrogen (secondary N) is 1. The molecule has 3 rings (SSSR count). The van der Waals surface area contributed by atoms with Crippen molar-refractivity contribution in [1.82, 2.24) is 14.5 Å². The lowest BCUT2D eigenvalue weighted by Crippen LogP contribution is -2.08. The molecule has 0 unspecified atom stereocenters. The predicted octanol–water partition coefficient (Wildman–Crippen LogP) is 2.32. The van der Waals surface area contributed by atoms with Crippen molar-refractivity contribution < 1.29 is 4.42 Å². The summed E-state index contributed by atoms with van der Waals surface area (Å²) >= 11 is 5.78. The molecule has 0 atom stereocenters. The molecule has 0 radical (unpaired) electrons. The van der Waals surface area contributed by atoms with E-state index in [-0.39, 0.29) is 0 Å². The van der Waals surface area contributed by atoms with Crippen LogP contribution in [0, 0.1) is 0 Å². The number of nitrogens with zero attached hydrogens (tertiary/aromatic N) is 3. The Hall–Kier alpha value is -2.34. The molecule has 19 heavy (non-hydrogen) atoms. The minimum absolute atomic E-state index is 0.352. The van der Waals surface area contributed by atoms with Crippen LogP contribution in [0.5, 0.6) is 0 Å². The smallest absolute Gasteiger partial charge is 0.408 e. The minimum Gasteiger partial charge on any atom is -0.408 e. The van der Waals surface area contributed by atoms with Crippen LogP contribution >= 0.6 is 11.6 Å². The van der Waals surface area contributed by atoms with Crippen LogP contribution in [0.2, 0.25) is 5.15 Å². The first kappa shape index (κ1) is 11.7. The summed E-state index contributed by atoms with van der Waals surface area (Å²) in [4.78, 5) is 19.2. The van der Waals surface area contributed by atoms with Crippen molar-refractivity contribution in [2.75, 3.05) is 5.32 Å². The minimum atomic E-state index is -0.391. The van der Waals surface area contributed by atoms with Crippen LogP contribution in [0.25, 0.3) is 11.1 Å². The van der Waals surface area contributed by atoms with E-state index in [1.54, 1.807) is 25.2 Å². The summed E-state index contributed by atoms with van der Waals surface area (Å²) in [5.41, 5.74) is 1.99. The van der Waals surface area contributed by atoms with Crippen molar-refractivity contribution in [3.63, 3.8) is 0 Å². The van der Waals surface area contributed by atoms with Gasteiger partial charge < -0.3 is 9.73 Å². The quantitative estimate of drug-likeness (QED) is 0.727. The molecule has 2 aromatic heterocycles. The summed E-state index contributed by atoms with van der Waals surface area (Å²) in [6.45, 7) is 0. The molecule has 0 aliphatic rings. The van der Waals surface area contributed by atoms with Crippen LogP contribution < -0.4 is 11.1 Å². The number of oxazole rings is 1. The Bertz CT molecular complexity index is 809. The van der Waals surface area contributed by atoms with Crippen molar-refractivity contribution in [2.24, 2.45) is 7.05 Å². The maximum Gasteiger partial charge on any atom is 0.419 e. The molecular formula is C12H9ClN4O2. The summed E-state index contributed by atoms with van der Waals surface area (Å²) in [7, 11) is 1.66. The molecule has 7 heteroatoms.